The zero-order valence-corrected chi connectivity index (χ0v) is 12.8. The smallest absolute Gasteiger partial charge is 0.245 e. The molecule has 1 aliphatic rings. The summed E-state index contributed by atoms with van der Waals surface area (Å²) in [6.07, 6.45) is 1.68. The number of rotatable bonds is 4. The Morgan fingerprint density at radius 1 is 1.50 bits per heavy atom. The van der Waals surface area contributed by atoms with Crippen LogP contribution in [0.5, 0.6) is 0 Å². The van der Waals surface area contributed by atoms with E-state index in [4.69, 9.17) is 9.52 Å². The Bertz CT molecular complexity index is 508. The van der Waals surface area contributed by atoms with Gasteiger partial charge in [-0.05, 0) is 40.3 Å². The number of nitrogens with one attached hydrogen (secondary N) is 1. The average Bonchev–Trinajstić information content (AvgIpc) is 2.72. The predicted molar refractivity (Wildman–Crippen MR) is 73.0 cm³/mol. The van der Waals surface area contributed by atoms with Gasteiger partial charge in [-0.2, -0.15) is 11.8 Å². The zero-order valence-electron chi connectivity index (χ0n) is 9.56. The van der Waals surface area contributed by atoms with E-state index in [1.54, 1.807) is 0 Å². The largest absolute Gasteiger partial charge is 0.450 e. The number of hydrogen-bond donors (Lipinski definition) is 2. The highest BCUT2D eigenvalue weighted by atomic mass is 79.9. The Kier molecular flexibility index (Phi) is 4.76. The Morgan fingerprint density at radius 2 is 2.17 bits per heavy atom. The Hall–Kier alpha value is -0.0200. The molecule has 0 atom stereocenters. The molecule has 0 aliphatic carbocycles. The number of aliphatic hydroxyl groups excluding tert-OH is 1. The van der Waals surface area contributed by atoms with Crippen LogP contribution in [0, 0.1) is 0 Å². The van der Waals surface area contributed by atoms with Crippen molar-refractivity contribution in [2.75, 3.05) is 11.5 Å². The van der Waals surface area contributed by atoms with Crippen molar-refractivity contribution < 1.29 is 17.9 Å². The summed E-state index contributed by atoms with van der Waals surface area (Å²) in [5, 5.41) is 8.93. The molecule has 1 saturated heterocycles. The molecule has 2 heterocycles. The first kappa shape index (κ1) is 14.4. The molecule has 0 amide bonds. The van der Waals surface area contributed by atoms with Crippen LogP contribution >= 0.6 is 27.7 Å². The Balaban J connectivity index is 2.16. The van der Waals surface area contributed by atoms with Crippen molar-refractivity contribution >= 4 is 37.7 Å². The molecule has 0 aromatic carbocycles. The molecule has 1 aliphatic heterocycles. The Morgan fingerprint density at radius 3 is 2.72 bits per heavy atom. The quantitative estimate of drug-likeness (QED) is 0.859. The van der Waals surface area contributed by atoms with Gasteiger partial charge in [0.05, 0.1) is 0 Å². The highest BCUT2D eigenvalue weighted by Crippen LogP contribution is 2.27. The standard InChI is InChI=1S/C10H14BrNO4S2/c11-10-9(5-8(6-13)16-10)18(14,15)12-7-1-3-17-4-2-7/h5,7,12-13H,1-4,6H2. The number of aliphatic hydroxyl groups is 1. The fourth-order valence-electron chi connectivity index (χ4n) is 1.76. The topological polar surface area (TPSA) is 79.5 Å². The normalized spacial score (nSPS) is 18.1. The second kappa shape index (κ2) is 5.96. The van der Waals surface area contributed by atoms with Gasteiger partial charge in [0.2, 0.25) is 10.0 Å². The zero-order chi connectivity index (χ0) is 13.2. The summed E-state index contributed by atoms with van der Waals surface area (Å²) in [5.41, 5.74) is 0. The van der Waals surface area contributed by atoms with E-state index in [1.165, 1.54) is 6.07 Å². The maximum Gasteiger partial charge on any atom is 0.245 e. The second-order valence-electron chi connectivity index (χ2n) is 4.02. The third-order valence-electron chi connectivity index (χ3n) is 2.69. The highest BCUT2D eigenvalue weighted by Gasteiger charge is 2.26. The van der Waals surface area contributed by atoms with Crippen LogP contribution in [0.15, 0.2) is 20.0 Å². The van der Waals surface area contributed by atoms with Gasteiger partial charge in [-0.3, -0.25) is 0 Å². The van der Waals surface area contributed by atoms with Gasteiger partial charge in [0.1, 0.15) is 17.3 Å². The lowest BCUT2D eigenvalue weighted by Crippen LogP contribution is -2.37. The minimum Gasteiger partial charge on any atom is -0.450 e. The number of halogens is 1. The molecule has 0 radical (unpaired) electrons. The SMILES string of the molecule is O=S(=O)(NC1CCSCC1)c1cc(CO)oc1Br. The third kappa shape index (κ3) is 3.30. The van der Waals surface area contributed by atoms with E-state index < -0.39 is 10.0 Å². The van der Waals surface area contributed by atoms with E-state index in [0.29, 0.717) is 0 Å². The van der Waals surface area contributed by atoms with Crippen molar-refractivity contribution in [3.05, 3.63) is 16.5 Å². The molecule has 1 aromatic rings. The summed E-state index contributed by atoms with van der Waals surface area (Å²) in [7, 11) is -3.59. The van der Waals surface area contributed by atoms with Crippen LogP contribution in [0.4, 0.5) is 0 Å². The van der Waals surface area contributed by atoms with E-state index in [-0.39, 0.29) is 28.0 Å². The molecule has 2 N–H and O–H groups in total. The molecule has 0 unspecified atom stereocenters. The third-order valence-corrected chi connectivity index (χ3v) is 6.12. The summed E-state index contributed by atoms with van der Waals surface area (Å²) in [6.45, 7) is -0.325. The molecule has 1 aromatic heterocycles. The first-order valence-electron chi connectivity index (χ1n) is 5.52. The molecule has 102 valence electrons. The fraction of sp³-hybridized carbons (Fsp3) is 0.600. The minimum atomic E-state index is -3.59. The molecule has 1 fully saturated rings. The van der Waals surface area contributed by atoms with Gasteiger partial charge >= 0.3 is 0 Å². The summed E-state index contributed by atoms with van der Waals surface area (Å²) in [5.74, 6) is 2.17. The van der Waals surface area contributed by atoms with Crippen LogP contribution in [0.3, 0.4) is 0 Å². The number of hydrogen-bond acceptors (Lipinski definition) is 5. The molecule has 0 bridgehead atoms. The first-order valence-corrected chi connectivity index (χ1v) is 8.95. The predicted octanol–water partition coefficient (Wildman–Crippen LogP) is 1.71. The summed E-state index contributed by atoms with van der Waals surface area (Å²) < 4.78 is 32.2. The average molecular weight is 356 g/mol. The van der Waals surface area contributed by atoms with E-state index in [9.17, 15) is 8.42 Å². The minimum absolute atomic E-state index is 0.0179. The molecule has 2 rings (SSSR count). The second-order valence-corrected chi connectivity index (χ2v) is 7.64. The van der Waals surface area contributed by atoms with Crippen molar-refractivity contribution in [3.8, 4) is 0 Å². The van der Waals surface area contributed by atoms with Crippen LogP contribution in [0.2, 0.25) is 0 Å². The molecular weight excluding hydrogens is 342 g/mol. The van der Waals surface area contributed by atoms with Gasteiger partial charge in [-0.1, -0.05) is 0 Å². The Labute approximate surface area is 119 Å². The lowest BCUT2D eigenvalue weighted by Gasteiger charge is -2.21. The lowest BCUT2D eigenvalue weighted by atomic mass is 10.2. The molecule has 8 heteroatoms. The van der Waals surface area contributed by atoms with Crippen LogP contribution in [0.25, 0.3) is 0 Å². The lowest BCUT2D eigenvalue weighted by molar-refractivity contribution is 0.245. The van der Waals surface area contributed by atoms with E-state index in [2.05, 4.69) is 20.7 Å². The van der Waals surface area contributed by atoms with Gasteiger partial charge in [0.25, 0.3) is 0 Å². The number of furan rings is 1. The van der Waals surface area contributed by atoms with Gasteiger partial charge < -0.3 is 9.52 Å². The molecule has 5 nitrogen and oxygen atoms in total. The number of thioether (sulfide) groups is 1. The molecule has 0 saturated carbocycles. The maximum atomic E-state index is 12.2. The fourth-order valence-corrected chi connectivity index (χ4v) is 5.17. The van der Waals surface area contributed by atoms with Crippen LogP contribution < -0.4 is 4.72 Å². The molecule has 18 heavy (non-hydrogen) atoms. The molecular formula is C10H14BrNO4S2. The van der Waals surface area contributed by atoms with Crippen LogP contribution in [-0.4, -0.2) is 31.1 Å². The van der Waals surface area contributed by atoms with E-state index in [1.807, 2.05) is 11.8 Å². The highest BCUT2D eigenvalue weighted by molar-refractivity contribution is 9.10. The van der Waals surface area contributed by atoms with E-state index >= 15 is 0 Å². The first-order chi connectivity index (χ1) is 8.53. The van der Waals surface area contributed by atoms with Gasteiger partial charge in [-0.15, -0.1) is 0 Å². The van der Waals surface area contributed by atoms with Crippen molar-refractivity contribution in [1.82, 2.24) is 4.72 Å². The van der Waals surface area contributed by atoms with Crippen molar-refractivity contribution in [2.45, 2.75) is 30.4 Å². The van der Waals surface area contributed by atoms with Crippen LogP contribution in [0.1, 0.15) is 18.6 Å². The monoisotopic (exact) mass is 355 g/mol. The molecule has 0 spiro atoms. The van der Waals surface area contributed by atoms with Gasteiger partial charge in [-0.25, -0.2) is 13.1 Å². The van der Waals surface area contributed by atoms with Crippen molar-refractivity contribution in [3.63, 3.8) is 0 Å². The van der Waals surface area contributed by atoms with Crippen molar-refractivity contribution in [2.24, 2.45) is 0 Å². The van der Waals surface area contributed by atoms with Crippen molar-refractivity contribution in [1.29, 1.82) is 0 Å². The summed E-state index contributed by atoms with van der Waals surface area (Å²) in [6, 6.07) is 1.32. The van der Waals surface area contributed by atoms with Gasteiger partial charge in [0, 0.05) is 12.1 Å². The van der Waals surface area contributed by atoms with Crippen LogP contribution in [-0.2, 0) is 16.6 Å². The summed E-state index contributed by atoms with van der Waals surface area (Å²) >= 11 is 4.89. The van der Waals surface area contributed by atoms with E-state index in [0.717, 1.165) is 24.3 Å². The number of sulfonamides is 1. The summed E-state index contributed by atoms with van der Waals surface area (Å²) in [4.78, 5) is 0.0461. The van der Waals surface area contributed by atoms with Gasteiger partial charge in [0.15, 0.2) is 4.67 Å². The maximum absolute atomic E-state index is 12.2.